The van der Waals surface area contributed by atoms with E-state index in [9.17, 15) is 4.79 Å². The van der Waals surface area contributed by atoms with E-state index in [4.69, 9.17) is 4.74 Å². The molecule has 0 heterocycles. The van der Waals surface area contributed by atoms with Crippen LogP contribution in [-0.2, 0) is 0 Å². The summed E-state index contributed by atoms with van der Waals surface area (Å²) in [5, 5.41) is 4.01. The number of halogens is 1. The number of nitrogens with zero attached hydrogens (tertiary/aromatic N) is 1. The van der Waals surface area contributed by atoms with Gasteiger partial charge in [-0.25, -0.2) is 5.43 Å². The first kappa shape index (κ1) is 17.0. The Morgan fingerprint density at radius 2 is 2.17 bits per heavy atom. The summed E-state index contributed by atoms with van der Waals surface area (Å²) in [6.07, 6.45) is 3.22. The first-order valence-corrected chi connectivity index (χ1v) is 7.83. The van der Waals surface area contributed by atoms with Gasteiger partial charge in [-0.1, -0.05) is 46.3 Å². The highest BCUT2D eigenvalue weighted by molar-refractivity contribution is 9.10. The van der Waals surface area contributed by atoms with Gasteiger partial charge < -0.3 is 4.74 Å². The summed E-state index contributed by atoms with van der Waals surface area (Å²) < 4.78 is 6.45. The molecule has 2 aromatic carbocycles. The number of nitrogens with one attached hydrogen (secondary N) is 1. The van der Waals surface area contributed by atoms with Crippen molar-refractivity contribution >= 4 is 28.1 Å². The van der Waals surface area contributed by atoms with Gasteiger partial charge in [-0.15, -0.1) is 0 Å². The van der Waals surface area contributed by atoms with Crippen LogP contribution in [0.2, 0.25) is 0 Å². The fraction of sp³-hybridized carbons (Fsp3) is 0.111. The first-order valence-electron chi connectivity index (χ1n) is 7.03. The van der Waals surface area contributed by atoms with Crippen LogP contribution in [0, 0.1) is 6.92 Å². The molecule has 0 aromatic heterocycles. The number of hydrogen-bond donors (Lipinski definition) is 1. The molecule has 0 radical (unpaired) electrons. The lowest BCUT2D eigenvalue weighted by Crippen LogP contribution is -2.17. The van der Waals surface area contributed by atoms with E-state index >= 15 is 0 Å². The number of aryl methyl sites for hydroxylation is 1. The van der Waals surface area contributed by atoms with Crippen LogP contribution in [0.3, 0.4) is 0 Å². The molecule has 0 aliphatic rings. The molecular formula is C18H17BrN2O2. The van der Waals surface area contributed by atoms with Crippen LogP contribution in [0.25, 0.3) is 0 Å². The van der Waals surface area contributed by atoms with Gasteiger partial charge >= 0.3 is 0 Å². The van der Waals surface area contributed by atoms with E-state index in [-0.39, 0.29) is 5.91 Å². The topological polar surface area (TPSA) is 50.7 Å². The number of hydrazone groups is 1. The zero-order chi connectivity index (χ0) is 16.7. The van der Waals surface area contributed by atoms with E-state index in [1.54, 1.807) is 18.4 Å². The Morgan fingerprint density at radius 3 is 2.91 bits per heavy atom. The minimum absolute atomic E-state index is 0.256. The third-order valence-corrected chi connectivity index (χ3v) is 3.47. The third-order valence-electron chi connectivity index (χ3n) is 2.98. The summed E-state index contributed by atoms with van der Waals surface area (Å²) >= 11 is 3.41. The molecule has 1 N–H and O–H groups in total. The molecule has 0 saturated carbocycles. The molecule has 2 aromatic rings. The summed E-state index contributed by atoms with van der Waals surface area (Å²) in [7, 11) is 0. The summed E-state index contributed by atoms with van der Waals surface area (Å²) in [4.78, 5) is 12.0. The lowest BCUT2D eigenvalue weighted by Gasteiger charge is -2.07. The summed E-state index contributed by atoms with van der Waals surface area (Å²) in [6.45, 7) is 5.96. The van der Waals surface area contributed by atoms with E-state index < -0.39 is 0 Å². The quantitative estimate of drug-likeness (QED) is 0.471. The average molecular weight is 373 g/mol. The largest absolute Gasteiger partial charge is 0.489 e. The van der Waals surface area contributed by atoms with Gasteiger partial charge in [0.15, 0.2) is 0 Å². The van der Waals surface area contributed by atoms with Crippen molar-refractivity contribution in [2.75, 3.05) is 6.61 Å². The van der Waals surface area contributed by atoms with E-state index in [2.05, 4.69) is 33.0 Å². The van der Waals surface area contributed by atoms with Gasteiger partial charge in [0.25, 0.3) is 5.91 Å². The minimum Gasteiger partial charge on any atom is -0.489 e. The van der Waals surface area contributed by atoms with E-state index in [0.29, 0.717) is 17.9 Å². The maximum absolute atomic E-state index is 12.0. The second-order valence-corrected chi connectivity index (χ2v) is 5.77. The number of rotatable bonds is 6. The molecular weight excluding hydrogens is 356 g/mol. The first-order chi connectivity index (χ1) is 11.1. The molecule has 23 heavy (non-hydrogen) atoms. The molecule has 5 heteroatoms. The highest BCUT2D eigenvalue weighted by Crippen LogP contribution is 2.21. The van der Waals surface area contributed by atoms with E-state index in [1.165, 1.54) is 0 Å². The third kappa shape index (κ3) is 5.07. The van der Waals surface area contributed by atoms with Crippen molar-refractivity contribution in [3.8, 4) is 5.75 Å². The van der Waals surface area contributed by atoms with Crippen LogP contribution in [0.1, 0.15) is 21.5 Å². The molecule has 0 bridgehead atoms. The molecule has 4 nitrogen and oxygen atoms in total. The number of hydrogen-bond acceptors (Lipinski definition) is 3. The number of amides is 1. The van der Waals surface area contributed by atoms with Crippen LogP contribution in [0.15, 0.2) is 64.7 Å². The number of benzene rings is 2. The van der Waals surface area contributed by atoms with Crippen molar-refractivity contribution in [2.45, 2.75) is 6.92 Å². The average Bonchev–Trinajstić information content (AvgIpc) is 2.54. The maximum Gasteiger partial charge on any atom is 0.271 e. The Hall–Kier alpha value is -2.40. The van der Waals surface area contributed by atoms with Gasteiger partial charge in [0.2, 0.25) is 0 Å². The number of ether oxygens (including phenoxy) is 1. The van der Waals surface area contributed by atoms with Gasteiger partial charge in [-0.05, 0) is 37.3 Å². The van der Waals surface area contributed by atoms with Crippen molar-refractivity contribution in [1.82, 2.24) is 5.43 Å². The van der Waals surface area contributed by atoms with Gasteiger partial charge in [-0.3, -0.25) is 4.79 Å². The second kappa shape index (κ2) is 8.29. The van der Waals surface area contributed by atoms with E-state index in [0.717, 1.165) is 15.6 Å². The molecule has 0 spiro atoms. The SMILES string of the molecule is C=CCOc1ccc(Br)cc1/C=N\NC(=O)c1cccc(C)c1. The van der Waals surface area contributed by atoms with E-state index in [1.807, 2.05) is 43.3 Å². The molecule has 0 unspecified atom stereocenters. The Kier molecular flexibility index (Phi) is 6.11. The highest BCUT2D eigenvalue weighted by atomic mass is 79.9. The van der Waals surface area contributed by atoms with Crippen LogP contribution in [-0.4, -0.2) is 18.7 Å². The molecule has 0 fully saturated rings. The molecule has 0 aliphatic heterocycles. The van der Waals surface area contributed by atoms with Crippen molar-refractivity contribution in [1.29, 1.82) is 0 Å². The van der Waals surface area contributed by atoms with Gasteiger partial charge in [0, 0.05) is 15.6 Å². The normalized spacial score (nSPS) is 10.5. The fourth-order valence-corrected chi connectivity index (χ4v) is 2.29. The number of carbonyl (C=O) groups excluding carboxylic acids is 1. The van der Waals surface area contributed by atoms with Crippen molar-refractivity contribution in [3.63, 3.8) is 0 Å². The Morgan fingerprint density at radius 1 is 1.35 bits per heavy atom. The Balaban J connectivity index is 2.09. The van der Waals surface area contributed by atoms with Gasteiger partial charge in [0.05, 0.1) is 6.21 Å². The second-order valence-electron chi connectivity index (χ2n) is 4.85. The Labute approximate surface area is 144 Å². The predicted octanol–water partition coefficient (Wildman–Crippen LogP) is 4.09. The van der Waals surface area contributed by atoms with Crippen LogP contribution in [0.4, 0.5) is 0 Å². The smallest absolute Gasteiger partial charge is 0.271 e. The summed E-state index contributed by atoms with van der Waals surface area (Å²) in [6, 6.07) is 12.9. The molecule has 0 atom stereocenters. The fourth-order valence-electron chi connectivity index (χ4n) is 1.91. The molecule has 1 amide bonds. The lowest BCUT2D eigenvalue weighted by molar-refractivity contribution is 0.0955. The maximum atomic E-state index is 12.0. The molecule has 118 valence electrons. The minimum atomic E-state index is -0.256. The molecule has 2 rings (SSSR count). The van der Waals surface area contributed by atoms with Crippen LogP contribution >= 0.6 is 15.9 Å². The van der Waals surface area contributed by atoms with Crippen LogP contribution in [0.5, 0.6) is 5.75 Å². The lowest BCUT2D eigenvalue weighted by atomic mass is 10.1. The standard InChI is InChI=1S/C18H17BrN2O2/c1-3-9-23-17-8-7-16(19)11-15(17)12-20-21-18(22)14-6-4-5-13(2)10-14/h3-8,10-12H,1,9H2,2H3,(H,21,22)/b20-12-. The number of carbonyl (C=O) groups is 1. The highest BCUT2D eigenvalue weighted by Gasteiger charge is 2.05. The van der Waals surface area contributed by atoms with Gasteiger partial charge in [0.1, 0.15) is 12.4 Å². The zero-order valence-electron chi connectivity index (χ0n) is 12.8. The summed E-state index contributed by atoms with van der Waals surface area (Å²) in [5.41, 5.74) is 4.86. The predicted molar refractivity (Wildman–Crippen MR) is 96.1 cm³/mol. The Bertz CT molecular complexity index is 742. The van der Waals surface area contributed by atoms with Crippen molar-refractivity contribution < 1.29 is 9.53 Å². The summed E-state index contributed by atoms with van der Waals surface area (Å²) in [5.74, 6) is 0.412. The van der Waals surface area contributed by atoms with Crippen molar-refractivity contribution in [3.05, 3.63) is 76.3 Å². The van der Waals surface area contributed by atoms with Crippen molar-refractivity contribution in [2.24, 2.45) is 5.10 Å². The zero-order valence-corrected chi connectivity index (χ0v) is 14.3. The van der Waals surface area contributed by atoms with Gasteiger partial charge in [-0.2, -0.15) is 5.10 Å². The monoisotopic (exact) mass is 372 g/mol. The molecule has 0 saturated heterocycles. The van der Waals surface area contributed by atoms with Crippen LogP contribution < -0.4 is 10.2 Å². The molecule has 0 aliphatic carbocycles.